The second kappa shape index (κ2) is 6.77. The minimum Gasteiger partial charge on any atom is -0.408 e. The molecule has 2 heterocycles. The van der Waals surface area contributed by atoms with Gasteiger partial charge < -0.3 is 9.32 Å². The van der Waals surface area contributed by atoms with E-state index in [9.17, 15) is 13.2 Å². The maximum atomic E-state index is 12.8. The Hall–Kier alpha value is -2.74. The topological polar surface area (TPSA) is 84.5 Å². The molecule has 1 aliphatic rings. The Morgan fingerprint density at radius 1 is 1.11 bits per heavy atom. The van der Waals surface area contributed by atoms with E-state index in [1.165, 1.54) is 16.7 Å². The number of benzene rings is 2. The molecule has 1 fully saturated rings. The molecule has 1 aliphatic heterocycles. The van der Waals surface area contributed by atoms with Crippen LogP contribution in [0.5, 0.6) is 0 Å². The van der Waals surface area contributed by atoms with Crippen molar-refractivity contribution in [2.75, 3.05) is 22.7 Å². The smallest absolute Gasteiger partial charge is 0.408 e. The lowest BCUT2D eigenvalue weighted by Crippen LogP contribution is -2.18. The Labute approximate surface area is 157 Å². The summed E-state index contributed by atoms with van der Waals surface area (Å²) >= 11 is 0. The van der Waals surface area contributed by atoms with Gasteiger partial charge in [0.05, 0.1) is 16.1 Å². The molecular weight excluding hydrogens is 366 g/mol. The molecule has 0 spiro atoms. The second-order valence-corrected chi connectivity index (χ2v) is 8.27. The van der Waals surface area contributed by atoms with Gasteiger partial charge in [0.2, 0.25) is 0 Å². The molecule has 0 saturated carbocycles. The zero-order valence-corrected chi connectivity index (χ0v) is 15.8. The number of aromatic nitrogens is 1. The van der Waals surface area contributed by atoms with Crippen molar-refractivity contribution in [1.29, 1.82) is 0 Å². The summed E-state index contributed by atoms with van der Waals surface area (Å²) in [6.07, 6.45) is 2.30. The lowest BCUT2D eigenvalue weighted by Gasteiger charge is -2.18. The monoisotopic (exact) mass is 387 g/mol. The number of nitrogens with one attached hydrogen (secondary N) is 1. The minimum atomic E-state index is -3.80. The van der Waals surface area contributed by atoms with E-state index in [4.69, 9.17) is 4.42 Å². The highest BCUT2D eigenvalue weighted by atomic mass is 32.2. The molecule has 3 aromatic rings. The maximum Gasteiger partial charge on any atom is 0.419 e. The van der Waals surface area contributed by atoms with Gasteiger partial charge in [-0.2, -0.15) is 0 Å². The summed E-state index contributed by atoms with van der Waals surface area (Å²) in [5, 5.41) is 0. The molecule has 7 nitrogen and oxygen atoms in total. The van der Waals surface area contributed by atoms with Crippen molar-refractivity contribution in [3.63, 3.8) is 0 Å². The molecule has 142 valence electrons. The summed E-state index contributed by atoms with van der Waals surface area (Å²) < 4.78 is 34.8. The number of nitrogens with zero attached hydrogens (tertiary/aromatic N) is 2. The lowest BCUT2D eigenvalue weighted by atomic mass is 10.2. The van der Waals surface area contributed by atoms with Gasteiger partial charge in [-0.3, -0.25) is 9.29 Å². The number of oxazole rings is 1. The molecule has 0 radical (unpaired) electrons. The molecule has 0 bridgehead atoms. The van der Waals surface area contributed by atoms with Crippen LogP contribution in [0.25, 0.3) is 11.1 Å². The summed E-state index contributed by atoms with van der Waals surface area (Å²) in [5.41, 5.74) is 2.36. The Morgan fingerprint density at radius 3 is 2.63 bits per heavy atom. The van der Waals surface area contributed by atoms with Gasteiger partial charge in [-0.15, -0.1) is 0 Å². The Kier molecular flexibility index (Phi) is 4.43. The van der Waals surface area contributed by atoms with Crippen molar-refractivity contribution in [3.05, 3.63) is 53.0 Å². The van der Waals surface area contributed by atoms with Gasteiger partial charge in [0, 0.05) is 31.4 Å². The molecule has 0 aliphatic carbocycles. The van der Waals surface area contributed by atoms with E-state index in [0.29, 0.717) is 17.7 Å². The van der Waals surface area contributed by atoms with Crippen molar-refractivity contribution >= 4 is 32.5 Å². The SMILES string of the molecule is CCn1c(=O)oc2cc(S(=O)(=O)Nc3cccc(N4CCCC4)c3)ccc21. The molecule has 0 atom stereocenters. The number of sulfonamides is 1. The molecule has 8 heteroatoms. The van der Waals surface area contributed by atoms with Crippen LogP contribution in [-0.4, -0.2) is 26.1 Å². The standard InChI is InChI=1S/C19H21N3O4S/c1-2-22-17-9-8-16(13-18(17)26-19(22)23)27(24,25)20-14-6-5-7-15(12-14)21-10-3-4-11-21/h5-9,12-13,20H,2-4,10-11H2,1H3. The number of hydrogen-bond acceptors (Lipinski definition) is 5. The summed E-state index contributed by atoms with van der Waals surface area (Å²) in [6, 6.07) is 11.9. The van der Waals surface area contributed by atoms with Gasteiger partial charge >= 0.3 is 5.76 Å². The Bertz CT molecular complexity index is 1140. The number of rotatable bonds is 5. The van der Waals surface area contributed by atoms with Crippen LogP contribution >= 0.6 is 0 Å². The van der Waals surface area contributed by atoms with Crippen LogP contribution in [0.4, 0.5) is 11.4 Å². The highest BCUT2D eigenvalue weighted by molar-refractivity contribution is 7.92. The summed E-state index contributed by atoms with van der Waals surface area (Å²) in [7, 11) is -3.80. The van der Waals surface area contributed by atoms with Gasteiger partial charge in [-0.1, -0.05) is 6.07 Å². The van der Waals surface area contributed by atoms with Crippen molar-refractivity contribution < 1.29 is 12.8 Å². The minimum absolute atomic E-state index is 0.0542. The van der Waals surface area contributed by atoms with Crippen LogP contribution in [0.2, 0.25) is 0 Å². The third kappa shape index (κ3) is 3.32. The predicted molar refractivity (Wildman–Crippen MR) is 105 cm³/mol. The predicted octanol–water partition coefficient (Wildman–Crippen LogP) is 3.02. The van der Waals surface area contributed by atoms with Gasteiger partial charge in [-0.25, -0.2) is 13.2 Å². The van der Waals surface area contributed by atoms with E-state index in [1.807, 2.05) is 25.1 Å². The molecule has 0 amide bonds. The third-order valence-electron chi connectivity index (χ3n) is 4.84. The molecule has 4 rings (SSSR count). The molecule has 1 N–H and O–H groups in total. The normalized spacial score (nSPS) is 14.8. The highest BCUT2D eigenvalue weighted by Gasteiger charge is 2.19. The Balaban J connectivity index is 1.64. The van der Waals surface area contributed by atoms with E-state index in [-0.39, 0.29) is 10.5 Å². The number of hydrogen-bond donors (Lipinski definition) is 1. The van der Waals surface area contributed by atoms with Crippen molar-refractivity contribution in [2.24, 2.45) is 0 Å². The second-order valence-electron chi connectivity index (χ2n) is 6.59. The van der Waals surface area contributed by atoms with Crippen molar-refractivity contribution in [3.8, 4) is 0 Å². The highest BCUT2D eigenvalue weighted by Crippen LogP contribution is 2.26. The van der Waals surface area contributed by atoms with Gasteiger partial charge in [0.25, 0.3) is 10.0 Å². The number of anilines is 2. The first-order valence-corrected chi connectivity index (χ1v) is 10.5. The zero-order chi connectivity index (χ0) is 19.0. The molecule has 1 saturated heterocycles. The fraction of sp³-hybridized carbons (Fsp3) is 0.316. The lowest BCUT2D eigenvalue weighted by molar-refractivity contribution is 0.512. The number of aryl methyl sites for hydroxylation is 1. The summed E-state index contributed by atoms with van der Waals surface area (Å²) in [6.45, 7) is 4.26. The molecule has 1 aromatic heterocycles. The van der Waals surface area contributed by atoms with E-state index in [0.717, 1.165) is 31.6 Å². The van der Waals surface area contributed by atoms with Crippen LogP contribution in [0.15, 0.2) is 56.6 Å². The van der Waals surface area contributed by atoms with Crippen LogP contribution in [0.3, 0.4) is 0 Å². The van der Waals surface area contributed by atoms with Gasteiger partial charge in [0.1, 0.15) is 0 Å². The third-order valence-corrected chi connectivity index (χ3v) is 6.21. The summed E-state index contributed by atoms with van der Waals surface area (Å²) in [5.74, 6) is -0.492. The quantitative estimate of drug-likeness (QED) is 0.727. The van der Waals surface area contributed by atoms with Crippen LogP contribution in [0.1, 0.15) is 19.8 Å². The molecule has 2 aromatic carbocycles. The van der Waals surface area contributed by atoms with Crippen LogP contribution in [0, 0.1) is 0 Å². The Morgan fingerprint density at radius 2 is 1.89 bits per heavy atom. The van der Waals surface area contributed by atoms with E-state index in [2.05, 4.69) is 9.62 Å². The van der Waals surface area contributed by atoms with E-state index in [1.54, 1.807) is 12.1 Å². The average Bonchev–Trinajstić information content (AvgIpc) is 3.28. The first kappa shape index (κ1) is 17.7. The first-order chi connectivity index (χ1) is 13.0. The largest absolute Gasteiger partial charge is 0.419 e. The first-order valence-electron chi connectivity index (χ1n) is 8.99. The van der Waals surface area contributed by atoms with Crippen molar-refractivity contribution in [1.82, 2.24) is 4.57 Å². The van der Waals surface area contributed by atoms with Gasteiger partial charge in [-0.05, 0) is 50.1 Å². The van der Waals surface area contributed by atoms with Crippen LogP contribution < -0.4 is 15.4 Å². The number of fused-ring (bicyclic) bond motifs is 1. The van der Waals surface area contributed by atoms with Gasteiger partial charge in [0.15, 0.2) is 5.58 Å². The average molecular weight is 387 g/mol. The fourth-order valence-electron chi connectivity index (χ4n) is 3.47. The maximum absolute atomic E-state index is 12.8. The molecular formula is C19H21N3O4S. The van der Waals surface area contributed by atoms with E-state index >= 15 is 0 Å². The van der Waals surface area contributed by atoms with E-state index < -0.39 is 15.8 Å². The summed E-state index contributed by atoms with van der Waals surface area (Å²) in [4.78, 5) is 14.1. The molecule has 27 heavy (non-hydrogen) atoms. The fourth-order valence-corrected chi connectivity index (χ4v) is 4.53. The zero-order valence-electron chi connectivity index (χ0n) is 15.0. The van der Waals surface area contributed by atoms with Crippen LogP contribution in [-0.2, 0) is 16.6 Å². The molecule has 0 unspecified atom stereocenters. The van der Waals surface area contributed by atoms with Crippen molar-refractivity contribution in [2.45, 2.75) is 31.2 Å².